The van der Waals surface area contributed by atoms with E-state index in [4.69, 9.17) is 0 Å². The fourth-order valence-electron chi connectivity index (χ4n) is 2.07. The molecule has 1 aliphatic rings. The molecule has 2 rings (SSSR count). The molecule has 86 valence electrons. The first-order valence-corrected chi connectivity index (χ1v) is 6.30. The minimum Gasteiger partial charge on any atom is -0.342 e. The molecule has 2 nitrogen and oxygen atoms in total. The zero-order valence-corrected chi connectivity index (χ0v) is 10.2. The van der Waals surface area contributed by atoms with E-state index in [1.165, 1.54) is 5.56 Å². The molecule has 1 fully saturated rings. The van der Waals surface area contributed by atoms with Gasteiger partial charge in [-0.25, -0.2) is 0 Å². The maximum Gasteiger partial charge on any atom is 0.235 e. The zero-order valence-electron chi connectivity index (χ0n) is 9.30. The summed E-state index contributed by atoms with van der Waals surface area (Å²) in [6.45, 7) is 1.81. The molecule has 1 saturated heterocycles. The Balaban J connectivity index is 1.92. The van der Waals surface area contributed by atoms with E-state index in [-0.39, 0.29) is 11.2 Å². The first-order valence-electron chi connectivity index (χ1n) is 5.78. The van der Waals surface area contributed by atoms with Gasteiger partial charge in [0.05, 0.1) is 5.25 Å². The first kappa shape index (κ1) is 11.5. The number of carbonyl (C=O) groups excluding carboxylic acids is 1. The summed E-state index contributed by atoms with van der Waals surface area (Å²) in [6.07, 6.45) is 2.99. The van der Waals surface area contributed by atoms with Crippen LogP contribution in [0.25, 0.3) is 0 Å². The Hall–Kier alpha value is -0.960. The van der Waals surface area contributed by atoms with Crippen LogP contribution in [0.15, 0.2) is 30.3 Å². The van der Waals surface area contributed by atoms with Gasteiger partial charge >= 0.3 is 0 Å². The van der Waals surface area contributed by atoms with Crippen molar-refractivity contribution in [3.05, 3.63) is 35.9 Å². The van der Waals surface area contributed by atoms with E-state index < -0.39 is 0 Å². The molecule has 0 aliphatic carbocycles. The second-order valence-corrected chi connectivity index (χ2v) is 4.86. The van der Waals surface area contributed by atoms with Crippen molar-refractivity contribution >= 4 is 18.5 Å². The van der Waals surface area contributed by atoms with Crippen LogP contribution >= 0.6 is 12.6 Å². The summed E-state index contributed by atoms with van der Waals surface area (Å²) in [5.74, 6) is 0.185. The van der Waals surface area contributed by atoms with Gasteiger partial charge in [-0.05, 0) is 24.8 Å². The summed E-state index contributed by atoms with van der Waals surface area (Å²) in [5.41, 5.74) is 1.18. The van der Waals surface area contributed by atoms with Gasteiger partial charge in [0.1, 0.15) is 0 Å². The molecule has 1 heterocycles. The van der Waals surface area contributed by atoms with Crippen LogP contribution in [-0.2, 0) is 11.2 Å². The quantitative estimate of drug-likeness (QED) is 0.796. The lowest BCUT2D eigenvalue weighted by atomic mass is 10.1. The highest BCUT2D eigenvalue weighted by molar-refractivity contribution is 7.81. The van der Waals surface area contributed by atoms with Crippen molar-refractivity contribution in [3.8, 4) is 0 Å². The van der Waals surface area contributed by atoms with Gasteiger partial charge in [0.25, 0.3) is 0 Å². The van der Waals surface area contributed by atoms with Gasteiger partial charge in [0.2, 0.25) is 5.91 Å². The van der Waals surface area contributed by atoms with Gasteiger partial charge < -0.3 is 4.90 Å². The molecule has 0 bridgehead atoms. The van der Waals surface area contributed by atoms with Crippen LogP contribution in [0.5, 0.6) is 0 Å². The van der Waals surface area contributed by atoms with Crippen LogP contribution in [0.3, 0.4) is 0 Å². The van der Waals surface area contributed by atoms with Crippen molar-refractivity contribution in [1.82, 2.24) is 4.90 Å². The molecule has 1 aromatic carbocycles. The summed E-state index contributed by atoms with van der Waals surface area (Å²) in [4.78, 5) is 13.9. The lowest BCUT2D eigenvalue weighted by molar-refractivity contribution is -0.129. The molecular weight excluding hydrogens is 218 g/mol. The van der Waals surface area contributed by atoms with Gasteiger partial charge in [-0.15, -0.1) is 0 Å². The minimum atomic E-state index is -0.194. The molecule has 1 aromatic rings. The maximum atomic E-state index is 12.0. The molecule has 0 radical (unpaired) electrons. The average Bonchev–Trinajstić information content (AvgIpc) is 2.83. The molecule has 1 unspecified atom stereocenters. The van der Waals surface area contributed by atoms with Gasteiger partial charge in [-0.2, -0.15) is 12.6 Å². The molecule has 0 N–H and O–H groups in total. The average molecular weight is 235 g/mol. The van der Waals surface area contributed by atoms with E-state index in [0.29, 0.717) is 0 Å². The van der Waals surface area contributed by atoms with E-state index >= 15 is 0 Å². The summed E-state index contributed by atoms with van der Waals surface area (Å²) >= 11 is 4.42. The predicted octanol–water partition coefficient (Wildman–Crippen LogP) is 2.15. The minimum absolute atomic E-state index is 0.185. The lowest BCUT2D eigenvalue weighted by Crippen LogP contribution is -2.35. The van der Waals surface area contributed by atoms with Crippen molar-refractivity contribution in [2.75, 3.05) is 13.1 Å². The van der Waals surface area contributed by atoms with Crippen LogP contribution in [0.1, 0.15) is 18.4 Å². The van der Waals surface area contributed by atoms with E-state index in [1.54, 1.807) is 0 Å². The molecule has 1 aliphatic heterocycles. The smallest absolute Gasteiger partial charge is 0.235 e. The van der Waals surface area contributed by atoms with Crippen LogP contribution in [0.4, 0.5) is 0 Å². The second-order valence-electron chi connectivity index (χ2n) is 4.24. The fraction of sp³-hybridized carbons (Fsp3) is 0.462. The van der Waals surface area contributed by atoms with Crippen LogP contribution < -0.4 is 0 Å². The summed E-state index contributed by atoms with van der Waals surface area (Å²) < 4.78 is 0. The van der Waals surface area contributed by atoms with E-state index in [0.717, 1.165) is 32.4 Å². The number of carbonyl (C=O) groups is 1. The number of amides is 1. The largest absolute Gasteiger partial charge is 0.342 e. The Kier molecular flexibility index (Phi) is 3.88. The molecule has 0 spiro atoms. The number of nitrogens with zero attached hydrogens (tertiary/aromatic N) is 1. The number of likely N-dealkylation sites (tertiary alicyclic amines) is 1. The number of rotatable bonds is 3. The number of hydrogen-bond donors (Lipinski definition) is 1. The standard InChI is InChI=1S/C13H17NOS/c15-13(14-8-4-5-9-14)12(16)10-11-6-2-1-3-7-11/h1-3,6-7,12,16H,4-5,8-10H2. The van der Waals surface area contributed by atoms with Crippen molar-refractivity contribution in [2.45, 2.75) is 24.5 Å². The van der Waals surface area contributed by atoms with Crippen molar-refractivity contribution in [3.63, 3.8) is 0 Å². The zero-order chi connectivity index (χ0) is 11.4. The van der Waals surface area contributed by atoms with Crippen molar-refractivity contribution in [1.29, 1.82) is 0 Å². The highest BCUT2D eigenvalue weighted by Gasteiger charge is 2.23. The first-order chi connectivity index (χ1) is 7.77. The Morgan fingerprint density at radius 1 is 1.25 bits per heavy atom. The summed E-state index contributed by atoms with van der Waals surface area (Å²) in [6, 6.07) is 10.1. The maximum absolute atomic E-state index is 12.0. The topological polar surface area (TPSA) is 20.3 Å². The van der Waals surface area contributed by atoms with Crippen molar-refractivity contribution < 1.29 is 4.79 Å². The lowest BCUT2D eigenvalue weighted by Gasteiger charge is -2.19. The highest BCUT2D eigenvalue weighted by atomic mass is 32.1. The molecule has 1 amide bonds. The third-order valence-electron chi connectivity index (χ3n) is 2.97. The molecule has 16 heavy (non-hydrogen) atoms. The summed E-state index contributed by atoms with van der Waals surface area (Å²) in [5, 5.41) is -0.194. The van der Waals surface area contributed by atoms with Gasteiger partial charge in [0, 0.05) is 13.1 Å². The third-order valence-corrected chi connectivity index (χ3v) is 3.38. The van der Waals surface area contributed by atoms with Crippen LogP contribution in [-0.4, -0.2) is 29.1 Å². The van der Waals surface area contributed by atoms with Gasteiger partial charge in [-0.1, -0.05) is 30.3 Å². The Morgan fingerprint density at radius 3 is 2.50 bits per heavy atom. The number of hydrogen-bond acceptors (Lipinski definition) is 2. The van der Waals surface area contributed by atoms with Crippen LogP contribution in [0, 0.1) is 0 Å². The molecule has 0 aromatic heterocycles. The van der Waals surface area contributed by atoms with Gasteiger partial charge in [0.15, 0.2) is 0 Å². The van der Waals surface area contributed by atoms with E-state index in [1.807, 2.05) is 35.2 Å². The normalized spacial score (nSPS) is 17.4. The van der Waals surface area contributed by atoms with E-state index in [9.17, 15) is 4.79 Å². The fourth-order valence-corrected chi connectivity index (χ4v) is 2.45. The highest BCUT2D eigenvalue weighted by Crippen LogP contribution is 2.14. The Labute approximate surface area is 102 Å². The van der Waals surface area contributed by atoms with E-state index in [2.05, 4.69) is 12.6 Å². The third kappa shape index (κ3) is 2.79. The molecular formula is C13H17NOS. The Morgan fingerprint density at radius 2 is 1.88 bits per heavy atom. The van der Waals surface area contributed by atoms with Gasteiger partial charge in [-0.3, -0.25) is 4.79 Å². The second kappa shape index (κ2) is 5.39. The van der Waals surface area contributed by atoms with Crippen molar-refractivity contribution in [2.24, 2.45) is 0 Å². The monoisotopic (exact) mass is 235 g/mol. The SMILES string of the molecule is O=C(C(S)Cc1ccccc1)N1CCCC1. The number of benzene rings is 1. The molecule has 1 atom stereocenters. The molecule has 0 saturated carbocycles. The number of thiol groups is 1. The van der Waals surface area contributed by atoms with Crippen LogP contribution in [0.2, 0.25) is 0 Å². The summed E-state index contributed by atoms with van der Waals surface area (Å²) in [7, 11) is 0. The predicted molar refractivity (Wildman–Crippen MR) is 68.7 cm³/mol. The molecule has 3 heteroatoms. The Bertz CT molecular complexity index is 346.